The molecule has 0 amide bonds. The molecule has 0 spiro atoms. The highest BCUT2D eigenvalue weighted by atomic mass is 35.5. The molecule has 198 valence electrons. The fourth-order valence-corrected chi connectivity index (χ4v) is 5.60. The highest BCUT2D eigenvalue weighted by Gasteiger charge is 2.44. The molecule has 2 aromatic heterocycles. The van der Waals surface area contributed by atoms with Gasteiger partial charge in [0.15, 0.2) is 6.61 Å². The molecule has 39 heavy (non-hydrogen) atoms. The second-order valence-electron chi connectivity index (χ2n) is 9.50. The Morgan fingerprint density at radius 2 is 1.95 bits per heavy atom. The highest BCUT2D eigenvalue weighted by molar-refractivity contribution is 6.42. The molecule has 0 saturated carbocycles. The number of carbonyl (C=O) groups is 2. The van der Waals surface area contributed by atoms with E-state index in [1.807, 2.05) is 30.3 Å². The molecule has 8 nitrogen and oxygen atoms in total. The quantitative estimate of drug-likeness (QED) is 0.263. The monoisotopic (exact) mass is 564 g/mol. The van der Waals surface area contributed by atoms with Gasteiger partial charge in [-0.2, -0.15) is 0 Å². The third-order valence-electron chi connectivity index (χ3n) is 7.21. The fraction of sp³-hybridized carbons (Fsp3) is 0.241. The van der Waals surface area contributed by atoms with E-state index in [-0.39, 0.29) is 46.4 Å². The number of benzene rings is 2. The molecule has 0 radical (unpaired) electrons. The Balaban J connectivity index is 1.40. The first-order chi connectivity index (χ1) is 18.8. The zero-order valence-electron chi connectivity index (χ0n) is 20.8. The summed E-state index contributed by atoms with van der Waals surface area (Å²) >= 11 is 12.2. The van der Waals surface area contributed by atoms with Crippen LogP contribution in [-0.2, 0) is 37.8 Å². The number of nitrogens with zero attached hydrogens (tertiary/aromatic N) is 2. The molecule has 0 bridgehead atoms. The molecule has 10 heteroatoms. The van der Waals surface area contributed by atoms with E-state index in [2.05, 4.69) is 0 Å². The van der Waals surface area contributed by atoms with Crippen LogP contribution in [0.5, 0.6) is 5.75 Å². The van der Waals surface area contributed by atoms with E-state index < -0.39 is 24.1 Å². The summed E-state index contributed by atoms with van der Waals surface area (Å²) in [6.45, 7) is 1.43. The van der Waals surface area contributed by atoms with Crippen LogP contribution in [0.4, 0.5) is 0 Å². The lowest BCUT2D eigenvalue weighted by molar-refractivity contribution is -0.169. The Bertz CT molecular complexity index is 1730. The zero-order chi connectivity index (χ0) is 27.3. The highest BCUT2D eigenvalue weighted by Crippen LogP contribution is 2.41. The first kappa shape index (κ1) is 25.4. The molecule has 2 aliphatic heterocycles. The second kappa shape index (κ2) is 9.70. The number of esters is 2. The topological polar surface area (TPSA) is 96.7 Å². The van der Waals surface area contributed by atoms with Crippen LogP contribution in [0.1, 0.15) is 36.5 Å². The molecule has 0 saturated heterocycles. The number of cyclic esters (lactones) is 1. The van der Waals surface area contributed by atoms with Crippen molar-refractivity contribution in [3.8, 4) is 17.1 Å². The van der Waals surface area contributed by atoms with Crippen LogP contribution >= 0.6 is 23.2 Å². The Kier molecular flexibility index (Phi) is 6.32. The molecule has 2 aliphatic rings. The summed E-state index contributed by atoms with van der Waals surface area (Å²) in [5.74, 6) is -1.09. The standard InChI is InChI=1S/C29H22Cl2N2O6/c1-2-29(39-25(35)15-37-23-9-5-7-20(30)26(23)31)12-24(34)38-14-18-19(29)11-22-27-17(13-33(22)28(18)36)10-16-6-3-4-8-21(16)32-27/h3-11H,2,12-15H2,1H3. The third kappa shape index (κ3) is 4.33. The summed E-state index contributed by atoms with van der Waals surface area (Å²) in [6.07, 6.45) is -0.0271. The van der Waals surface area contributed by atoms with Crippen molar-refractivity contribution in [1.82, 2.24) is 9.55 Å². The van der Waals surface area contributed by atoms with Gasteiger partial charge in [0.1, 0.15) is 23.0 Å². The lowest BCUT2D eigenvalue weighted by atomic mass is 9.85. The van der Waals surface area contributed by atoms with Gasteiger partial charge in [-0.1, -0.05) is 54.4 Å². The number of carbonyl (C=O) groups excluding carboxylic acids is 2. The van der Waals surface area contributed by atoms with Gasteiger partial charge in [0.2, 0.25) is 0 Å². The first-order valence-electron chi connectivity index (χ1n) is 12.4. The van der Waals surface area contributed by atoms with E-state index in [4.69, 9.17) is 42.4 Å². The maximum Gasteiger partial charge on any atom is 0.345 e. The lowest BCUT2D eigenvalue weighted by Gasteiger charge is -2.32. The molecular weight excluding hydrogens is 543 g/mol. The molecule has 2 aromatic carbocycles. The van der Waals surface area contributed by atoms with E-state index in [0.29, 0.717) is 23.5 Å². The van der Waals surface area contributed by atoms with Crippen LogP contribution in [0.2, 0.25) is 10.0 Å². The summed E-state index contributed by atoms with van der Waals surface area (Å²) in [4.78, 5) is 44.3. The van der Waals surface area contributed by atoms with Gasteiger partial charge < -0.3 is 18.8 Å². The smallest absolute Gasteiger partial charge is 0.345 e. The van der Waals surface area contributed by atoms with Crippen LogP contribution in [0, 0.1) is 0 Å². The largest absolute Gasteiger partial charge is 0.480 e. The van der Waals surface area contributed by atoms with Gasteiger partial charge in [0, 0.05) is 16.5 Å². The van der Waals surface area contributed by atoms with Crippen LogP contribution in [0.3, 0.4) is 0 Å². The first-order valence-corrected chi connectivity index (χ1v) is 13.2. The van der Waals surface area contributed by atoms with Gasteiger partial charge in [0.05, 0.1) is 40.5 Å². The SMILES string of the molecule is CCC1(OC(=O)COc2cccc(Cl)c2Cl)CC(=O)OCc2c1cc1n(c2=O)Cc2cc3ccccc3nc2-1. The molecule has 0 N–H and O–H groups in total. The van der Waals surface area contributed by atoms with E-state index in [0.717, 1.165) is 16.5 Å². The van der Waals surface area contributed by atoms with Crippen LogP contribution in [0.15, 0.2) is 59.4 Å². The number of hydrogen-bond acceptors (Lipinski definition) is 7. The van der Waals surface area contributed by atoms with Crippen molar-refractivity contribution in [3.63, 3.8) is 0 Å². The number of hydrogen-bond donors (Lipinski definition) is 0. The van der Waals surface area contributed by atoms with E-state index in [1.165, 1.54) is 0 Å². The number of aromatic nitrogens is 2. The van der Waals surface area contributed by atoms with Crippen molar-refractivity contribution in [3.05, 3.63) is 91.7 Å². The number of ether oxygens (including phenoxy) is 3. The predicted molar refractivity (Wildman–Crippen MR) is 145 cm³/mol. The molecule has 4 aromatic rings. The van der Waals surface area contributed by atoms with Crippen molar-refractivity contribution >= 4 is 46.0 Å². The van der Waals surface area contributed by atoms with Crippen LogP contribution < -0.4 is 10.3 Å². The molecule has 0 aliphatic carbocycles. The summed E-state index contributed by atoms with van der Waals surface area (Å²) in [5.41, 5.74) is 1.96. The molecule has 6 rings (SSSR count). The third-order valence-corrected chi connectivity index (χ3v) is 8.02. The summed E-state index contributed by atoms with van der Waals surface area (Å²) < 4.78 is 18.5. The van der Waals surface area contributed by atoms with Crippen LogP contribution in [0.25, 0.3) is 22.3 Å². The molecule has 4 heterocycles. The van der Waals surface area contributed by atoms with Gasteiger partial charge in [-0.15, -0.1) is 0 Å². The molecule has 0 fully saturated rings. The number of halogens is 2. The van der Waals surface area contributed by atoms with Crippen molar-refractivity contribution in [2.24, 2.45) is 0 Å². The number of para-hydroxylation sites is 1. The number of rotatable bonds is 5. The summed E-state index contributed by atoms with van der Waals surface area (Å²) in [5, 5.41) is 1.43. The normalized spacial score (nSPS) is 17.6. The van der Waals surface area contributed by atoms with Gasteiger partial charge >= 0.3 is 11.9 Å². The minimum atomic E-state index is -1.43. The minimum Gasteiger partial charge on any atom is -0.480 e. The maximum atomic E-state index is 13.7. The molecule has 1 unspecified atom stereocenters. The van der Waals surface area contributed by atoms with Crippen molar-refractivity contribution in [2.75, 3.05) is 6.61 Å². The Labute approximate surface area is 233 Å². The number of fused-ring (bicyclic) bond motifs is 5. The van der Waals surface area contributed by atoms with Gasteiger partial charge in [-0.3, -0.25) is 9.59 Å². The molecule has 1 atom stereocenters. The second-order valence-corrected chi connectivity index (χ2v) is 10.3. The van der Waals surface area contributed by atoms with Crippen LogP contribution in [-0.4, -0.2) is 28.1 Å². The maximum absolute atomic E-state index is 13.7. The average molecular weight is 565 g/mol. The Morgan fingerprint density at radius 1 is 1.13 bits per heavy atom. The van der Waals surface area contributed by atoms with Crippen molar-refractivity contribution in [1.29, 1.82) is 0 Å². The predicted octanol–water partition coefficient (Wildman–Crippen LogP) is 5.41. The Hall–Kier alpha value is -3.88. The van der Waals surface area contributed by atoms with Crippen molar-refractivity contribution < 1.29 is 23.8 Å². The summed E-state index contributed by atoms with van der Waals surface area (Å²) in [6, 6.07) is 16.4. The van der Waals surface area contributed by atoms with E-state index in [1.54, 1.807) is 35.8 Å². The van der Waals surface area contributed by atoms with E-state index >= 15 is 0 Å². The zero-order valence-corrected chi connectivity index (χ0v) is 22.3. The fourth-order valence-electron chi connectivity index (χ4n) is 5.25. The number of pyridine rings is 2. The van der Waals surface area contributed by atoms with Gasteiger partial charge in [0.25, 0.3) is 5.56 Å². The summed E-state index contributed by atoms with van der Waals surface area (Å²) in [7, 11) is 0. The molecular formula is C29H22Cl2N2O6. The minimum absolute atomic E-state index is 0.169. The van der Waals surface area contributed by atoms with Gasteiger partial charge in [-0.25, -0.2) is 9.78 Å². The van der Waals surface area contributed by atoms with Gasteiger partial charge in [-0.05, 0) is 36.8 Å². The van der Waals surface area contributed by atoms with Crippen molar-refractivity contribution in [2.45, 2.75) is 38.5 Å². The lowest BCUT2D eigenvalue weighted by Crippen LogP contribution is -2.38. The van der Waals surface area contributed by atoms with E-state index in [9.17, 15) is 14.4 Å². The Morgan fingerprint density at radius 3 is 2.77 bits per heavy atom. The average Bonchev–Trinajstić information content (AvgIpc) is 3.22.